The van der Waals surface area contributed by atoms with Crippen LogP contribution >= 0.6 is 23.1 Å². The third-order valence-electron chi connectivity index (χ3n) is 4.48. The Morgan fingerprint density at radius 2 is 1.86 bits per heavy atom. The molecule has 0 radical (unpaired) electrons. The van der Waals surface area contributed by atoms with E-state index in [1.165, 1.54) is 22.5 Å². The number of carbonyl (C=O) groups is 1. The molecular weight excluding hydrogens is 390 g/mol. The molecule has 0 aliphatic carbocycles. The van der Waals surface area contributed by atoms with Crippen LogP contribution in [0, 0.1) is 20.8 Å². The molecule has 0 saturated carbocycles. The number of thioether (sulfide) groups is 1. The zero-order valence-electron chi connectivity index (χ0n) is 16.4. The molecule has 0 fully saturated rings. The summed E-state index contributed by atoms with van der Waals surface area (Å²) in [6.45, 7) is 7.83. The molecule has 0 aliphatic heterocycles. The first-order valence-electron chi connectivity index (χ1n) is 8.98. The van der Waals surface area contributed by atoms with Gasteiger partial charge >= 0.3 is 0 Å². The summed E-state index contributed by atoms with van der Waals surface area (Å²) in [6.07, 6.45) is -0.632. The Hall–Kier alpha value is -2.38. The third kappa shape index (κ3) is 5.11. The topological polar surface area (TPSA) is 64.1 Å². The van der Waals surface area contributed by atoms with Gasteiger partial charge < -0.3 is 4.74 Å². The molecule has 0 bridgehead atoms. The molecule has 1 amide bonds. The highest BCUT2D eigenvalue weighted by molar-refractivity contribution is 8.00. The van der Waals surface area contributed by atoms with E-state index >= 15 is 0 Å². The quantitative estimate of drug-likeness (QED) is 0.428. The highest BCUT2D eigenvalue weighted by Crippen LogP contribution is 2.29. The molecule has 1 unspecified atom stereocenters. The minimum absolute atomic E-state index is 0.243. The zero-order chi connectivity index (χ0) is 20.1. The largest absolute Gasteiger partial charge is 0.481 e. The number of nitrogens with one attached hydrogen (secondary N) is 1. The normalized spacial score (nSPS) is 11.9. The molecule has 0 spiro atoms. The van der Waals surface area contributed by atoms with E-state index in [-0.39, 0.29) is 5.91 Å². The summed E-state index contributed by atoms with van der Waals surface area (Å²) in [4.78, 5) is 12.4. The fourth-order valence-corrected chi connectivity index (χ4v) is 4.36. The van der Waals surface area contributed by atoms with Gasteiger partial charge in [0.05, 0.1) is 0 Å². The first-order valence-corrected chi connectivity index (χ1v) is 10.8. The highest BCUT2D eigenvalue weighted by atomic mass is 32.2. The monoisotopic (exact) mass is 413 g/mol. The van der Waals surface area contributed by atoms with Gasteiger partial charge in [0, 0.05) is 5.75 Å². The molecule has 5 nitrogen and oxygen atoms in total. The molecule has 3 aromatic rings. The second kappa shape index (κ2) is 9.21. The van der Waals surface area contributed by atoms with Gasteiger partial charge in [-0.25, -0.2) is 0 Å². The SMILES string of the molecule is Cc1ccccc1CSc1nnc(NC(=O)C(C)Oc2cccc(C)c2C)s1. The summed E-state index contributed by atoms with van der Waals surface area (Å²) in [6, 6.07) is 14.1. The van der Waals surface area contributed by atoms with E-state index < -0.39 is 6.10 Å². The van der Waals surface area contributed by atoms with Gasteiger partial charge in [0.1, 0.15) is 5.75 Å². The molecular formula is C21H23N3O2S2. The molecule has 146 valence electrons. The summed E-state index contributed by atoms with van der Waals surface area (Å²) >= 11 is 2.98. The summed E-state index contributed by atoms with van der Waals surface area (Å²) in [5.41, 5.74) is 4.69. The van der Waals surface area contributed by atoms with Gasteiger partial charge in [0.25, 0.3) is 5.91 Å². The lowest BCUT2D eigenvalue weighted by Gasteiger charge is -2.16. The van der Waals surface area contributed by atoms with Crippen LogP contribution in [0.2, 0.25) is 0 Å². The van der Waals surface area contributed by atoms with Crippen molar-refractivity contribution in [3.8, 4) is 5.75 Å². The van der Waals surface area contributed by atoms with Gasteiger partial charge in [-0.05, 0) is 56.0 Å². The Morgan fingerprint density at radius 3 is 2.64 bits per heavy atom. The summed E-state index contributed by atoms with van der Waals surface area (Å²) < 4.78 is 6.65. The Morgan fingerprint density at radius 1 is 1.11 bits per heavy atom. The van der Waals surface area contributed by atoms with Crippen LogP contribution in [-0.4, -0.2) is 22.2 Å². The number of anilines is 1. The van der Waals surface area contributed by atoms with E-state index in [0.717, 1.165) is 27.0 Å². The lowest BCUT2D eigenvalue weighted by Crippen LogP contribution is -2.30. The molecule has 1 aromatic heterocycles. The predicted octanol–water partition coefficient (Wildman–Crippen LogP) is 5.16. The second-order valence-corrected chi connectivity index (χ2v) is 8.74. The highest BCUT2D eigenvalue weighted by Gasteiger charge is 2.18. The molecule has 0 aliphatic rings. The van der Waals surface area contributed by atoms with Crippen molar-refractivity contribution >= 4 is 34.1 Å². The number of rotatable bonds is 7. The fourth-order valence-electron chi connectivity index (χ4n) is 2.53. The van der Waals surface area contributed by atoms with Crippen LogP contribution in [-0.2, 0) is 10.5 Å². The maximum atomic E-state index is 12.4. The molecule has 2 aromatic carbocycles. The molecule has 0 saturated heterocycles. The van der Waals surface area contributed by atoms with Crippen LogP contribution in [0.5, 0.6) is 5.75 Å². The molecule has 1 atom stereocenters. The van der Waals surface area contributed by atoms with Crippen LogP contribution in [0.4, 0.5) is 5.13 Å². The number of hydrogen-bond donors (Lipinski definition) is 1. The molecule has 1 heterocycles. The molecule has 1 N–H and O–H groups in total. The molecule has 3 rings (SSSR count). The van der Waals surface area contributed by atoms with Crippen LogP contribution in [0.3, 0.4) is 0 Å². The van der Waals surface area contributed by atoms with Crippen LogP contribution in [0.15, 0.2) is 46.8 Å². The number of ether oxygens (including phenoxy) is 1. The van der Waals surface area contributed by atoms with Crippen molar-refractivity contribution in [3.05, 3.63) is 64.7 Å². The maximum absolute atomic E-state index is 12.4. The van der Waals surface area contributed by atoms with Gasteiger partial charge in [-0.2, -0.15) is 0 Å². The van der Waals surface area contributed by atoms with Crippen molar-refractivity contribution in [2.24, 2.45) is 0 Å². The molecule has 28 heavy (non-hydrogen) atoms. The van der Waals surface area contributed by atoms with Gasteiger partial charge in [-0.15, -0.1) is 10.2 Å². The van der Waals surface area contributed by atoms with Gasteiger partial charge in [0.2, 0.25) is 5.13 Å². The predicted molar refractivity (Wildman–Crippen MR) is 115 cm³/mol. The van der Waals surface area contributed by atoms with E-state index in [9.17, 15) is 4.79 Å². The van der Waals surface area contributed by atoms with E-state index in [1.807, 2.05) is 44.2 Å². The van der Waals surface area contributed by atoms with E-state index in [1.54, 1.807) is 18.7 Å². The van der Waals surface area contributed by atoms with Gasteiger partial charge in [-0.1, -0.05) is 59.5 Å². The third-order valence-corrected chi connectivity index (χ3v) is 6.50. The van der Waals surface area contributed by atoms with E-state index in [0.29, 0.717) is 5.13 Å². The number of nitrogens with zero attached hydrogens (tertiary/aromatic N) is 2. The van der Waals surface area contributed by atoms with Crippen molar-refractivity contribution in [2.45, 2.75) is 43.9 Å². The van der Waals surface area contributed by atoms with E-state index in [4.69, 9.17) is 4.74 Å². The summed E-state index contributed by atoms with van der Waals surface area (Å²) in [5.74, 6) is 1.29. The number of benzene rings is 2. The van der Waals surface area contributed by atoms with Crippen LogP contribution in [0.25, 0.3) is 0 Å². The standard InChI is InChI=1S/C21H23N3O2S2/c1-13-9-7-11-18(15(13)3)26-16(4)19(25)22-20-23-24-21(28-20)27-12-17-10-6-5-8-14(17)2/h5-11,16H,12H2,1-4H3,(H,22,23,25). The maximum Gasteiger partial charge on any atom is 0.266 e. The number of amides is 1. The van der Waals surface area contributed by atoms with Crippen molar-refractivity contribution < 1.29 is 9.53 Å². The van der Waals surface area contributed by atoms with Crippen molar-refractivity contribution in [1.29, 1.82) is 0 Å². The first kappa shape index (κ1) is 20.4. The minimum Gasteiger partial charge on any atom is -0.481 e. The Balaban J connectivity index is 1.56. The lowest BCUT2D eigenvalue weighted by atomic mass is 10.1. The summed E-state index contributed by atoms with van der Waals surface area (Å²) in [5, 5.41) is 11.5. The van der Waals surface area contributed by atoms with Gasteiger partial charge in [0.15, 0.2) is 10.4 Å². The summed E-state index contributed by atoms with van der Waals surface area (Å²) in [7, 11) is 0. The Kier molecular flexibility index (Phi) is 6.70. The minimum atomic E-state index is -0.632. The van der Waals surface area contributed by atoms with Gasteiger partial charge in [-0.3, -0.25) is 10.1 Å². The van der Waals surface area contributed by atoms with E-state index in [2.05, 4.69) is 34.6 Å². The van der Waals surface area contributed by atoms with Crippen molar-refractivity contribution in [2.75, 3.05) is 5.32 Å². The Labute approximate surface area is 173 Å². The smallest absolute Gasteiger partial charge is 0.266 e. The number of carbonyl (C=O) groups excluding carboxylic acids is 1. The average Bonchev–Trinajstić information content (AvgIpc) is 3.12. The average molecular weight is 414 g/mol. The number of aryl methyl sites for hydroxylation is 2. The van der Waals surface area contributed by atoms with Crippen LogP contribution in [0.1, 0.15) is 29.2 Å². The van der Waals surface area contributed by atoms with Crippen LogP contribution < -0.4 is 10.1 Å². The van der Waals surface area contributed by atoms with Crippen molar-refractivity contribution in [3.63, 3.8) is 0 Å². The number of aromatic nitrogens is 2. The van der Waals surface area contributed by atoms with Crippen molar-refractivity contribution in [1.82, 2.24) is 10.2 Å². The molecule has 7 heteroatoms. The fraction of sp³-hybridized carbons (Fsp3) is 0.286. The second-order valence-electron chi connectivity index (χ2n) is 6.54. The Bertz CT molecular complexity index is 972. The number of hydrogen-bond acceptors (Lipinski definition) is 6. The zero-order valence-corrected chi connectivity index (χ0v) is 18.0. The first-order chi connectivity index (χ1) is 13.4. The lowest BCUT2D eigenvalue weighted by molar-refractivity contribution is -0.122.